The van der Waals surface area contributed by atoms with Crippen molar-refractivity contribution in [2.45, 2.75) is 5.41 Å². The highest BCUT2D eigenvalue weighted by molar-refractivity contribution is 6.10. The second-order valence-electron chi connectivity index (χ2n) is 14.9. The first-order valence-corrected chi connectivity index (χ1v) is 19.5. The van der Waals surface area contributed by atoms with Gasteiger partial charge in [0.2, 0.25) is 5.95 Å². The third kappa shape index (κ3) is 4.50. The van der Waals surface area contributed by atoms with Gasteiger partial charge in [-0.15, -0.1) is 0 Å². The first kappa shape index (κ1) is 31.8. The molecule has 0 N–H and O–H groups in total. The molecule has 8 aromatic carbocycles. The number of hydrogen-bond donors (Lipinski definition) is 0. The molecular formula is C53H34N4. The van der Waals surface area contributed by atoms with E-state index in [1.54, 1.807) is 0 Å². The minimum Gasteiger partial charge on any atom is -0.294 e. The van der Waals surface area contributed by atoms with Crippen LogP contribution in [0.15, 0.2) is 206 Å². The Morgan fingerprint density at radius 2 is 0.807 bits per heavy atom. The van der Waals surface area contributed by atoms with E-state index >= 15 is 0 Å². The van der Waals surface area contributed by atoms with Crippen molar-refractivity contribution in [3.05, 3.63) is 229 Å². The van der Waals surface area contributed by atoms with Gasteiger partial charge in [0, 0.05) is 33.2 Å². The highest BCUT2D eigenvalue weighted by Gasteiger charge is 2.45. The Morgan fingerprint density at radius 3 is 1.37 bits per heavy atom. The van der Waals surface area contributed by atoms with Gasteiger partial charge in [-0.25, -0.2) is 4.98 Å². The fourth-order valence-electron chi connectivity index (χ4n) is 9.72. The largest absolute Gasteiger partial charge is 0.294 e. The zero-order valence-electron chi connectivity index (χ0n) is 30.9. The van der Waals surface area contributed by atoms with Gasteiger partial charge in [0.05, 0.1) is 33.2 Å². The van der Waals surface area contributed by atoms with Crippen molar-refractivity contribution in [2.24, 2.45) is 0 Å². The molecule has 0 atom stereocenters. The molecule has 0 fully saturated rings. The molecule has 12 rings (SSSR count). The summed E-state index contributed by atoms with van der Waals surface area (Å²) in [5, 5.41) is 4.73. The fraction of sp³-hybridized carbons (Fsp3) is 0.0189. The van der Waals surface area contributed by atoms with Crippen LogP contribution < -0.4 is 0 Å². The molecule has 4 heteroatoms. The van der Waals surface area contributed by atoms with E-state index in [0.717, 1.165) is 39.1 Å². The number of nitrogens with zero attached hydrogens (tertiary/aromatic N) is 4. The van der Waals surface area contributed by atoms with Crippen molar-refractivity contribution in [3.63, 3.8) is 0 Å². The van der Waals surface area contributed by atoms with Gasteiger partial charge < -0.3 is 0 Å². The summed E-state index contributed by atoms with van der Waals surface area (Å²) in [6.07, 6.45) is 0. The average Bonchev–Trinajstić information content (AvgIpc) is 3.91. The lowest BCUT2D eigenvalue weighted by Gasteiger charge is -2.34. The lowest BCUT2D eigenvalue weighted by atomic mass is 9.67. The molecular weight excluding hydrogens is 693 g/mol. The third-order valence-electron chi connectivity index (χ3n) is 12.0. The molecule has 0 saturated carbocycles. The van der Waals surface area contributed by atoms with E-state index in [4.69, 9.17) is 9.97 Å². The highest BCUT2D eigenvalue weighted by Crippen LogP contribution is 2.56. The van der Waals surface area contributed by atoms with E-state index in [1.807, 2.05) is 0 Å². The summed E-state index contributed by atoms with van der Waals surface area (Å²) in [7, 11) is 0. The van der Waals surface area contributed by atoms with Gasteiger partial charge in [0.1, 0.15) is 5.82 Å². The van der Waals surface area contributed by atoms with Crippen molar-refractivity contribution < 1.29 is 0 Å². The van der Waals surface area contributed by atoms with Crippen LogP contribution in [0.4, 0.5) is 0 Å². The van der Waals surface area contributed by atoms with Gasteiger partial charge in [-0.1, -0.05) is 170 Å². The molecule has 0 saturated heterocycles. The van der Waals surface area contributed by atoms with Gasteiger partial charge in [0.15, 0.2) is 0 Å². The fourth-order valence-corrected chi connectivity index (χ4v) is 9.72. The molecule has 0 unspecified atom stereocenters. The average molecular weight is 727 g/mol. The van der Waals surface area contributed by atoms with E-state index in [-0.39, 0.29) is 0 Å². The van der Waals surface area contributed by atoms with Crippen LogP contribution in [0.5, 0.6) is 0 Å². The molecule has 3 heterocycles. The maximum atomic E-state index is 5.51. The molecule has 11 aromatic rings. The molecule has 0 amide bonds. The maximum absolute atomic E-state index is 5.51. The molecule has 0 spiro atoms. The minimum atomic E-state index is -0.525. The van der Waals surface area contributed by atoms with E-state index in [1.165, 1.54) is 54.9 Å². The second kappa shape index (κ2) is 12.2. The van der Waals surface area contributed by atoms with E-state index < -0.39 is 5.41 Å². The quantitative estimate of drug-likeness (QED) is 0.177. The number of rotatable bonds is 5. The molecule has 0 radical (unpaired) electrons. The van der Waals surface area contributed by atoms with Crippen molar-refractivity contribution in [1.29, 1.82) is 0 Å². The predicted octanol–water partition coefficient (Wildman–Crippen LogP) is 12.7. The molecule has 3 aromatic heterocycles. The number of para-hydroxylation sites is 4. The Bertz CT molecular complexity index is 3090. The summed E-state index contributed by atoms with van der Waals surface area (Å²) in [5.74, 6) is 1.44. The van der Waals surface area contributed by atoms with Gasteiger partial charge in [-0.2, -0.15) is 4.98 Å². The lowest BCUT2D eigenvalue weighted by molar-refractivity contribution is 0.768. The van der Waals surface area contributed by atoms with Crippen LogP contribution in [0.25, 0.3) is 77.8 Å². The van der Waals surface area contributed by atoms with Crippen molar-refractivity contribution in [2.75, 3.05) is 0 Å². The molecule has 1 aliphatic rings. The normalized spacial score (nSPS) is 13.1. The Morgan fingerprint density at radius 1 is 0.351 bits per heavy atom. The highest BCUT2D eigenvalue weighted by atomic mass is 15.2. The van der Waals surface area contributed by atoms with Crippen LogP contribution in [0.1, 0.15) is 22.3 Å². The van der Waals surface area contributed by atoms with E-state index in [9.17, 15) is 0 Å². The Kier molecular flexibility index (Phi) is 6.81. The number of aromatic nitrogens is 4. The Balaban J connectivity index is 1.16. The van der Waals surface area contributed by atoms with Crippen LogP contribution in [0.2, 0.25) is 0 Å². The number of hydrogen-bond acceptors (Lipinski definition) is 2. The van der Waals surface area contributed by atoms with Crippen molar-refractivity contribution in [3.8, 4) is 34.2 Å². The Labute approximate surface area is 329 Å². The van der Waals surface area contributed by atoms with E-state index in [0.29, 0.717) is 5.95 Å². The van der Waals surface area contributed by atoms with E-state index in [2.05, 4.69) is 215 Å². The first-order valence-electron chi connectivity index (χ1n) is 19.5. The van der Waals surface area contributed by atoms with Crippen LogP contribution in [0.3, 0.4) is 0 Å². The maximum Gasteiger partial charge on any atom is 0.237 e. The minimum absolute atomic E-state index is 0.525. The summed E-state index contributed by atoms with van der Waals surface area (Å²) in [6.45, 7) is 0. The summed E-state index contributed by atoms with van der Waals surface area (Å²) in [6, 6.07) is 74.3. The van der Waals surface area contributed by atoms with Crippen molar-refractivity contribution >= 4 is 43.6 Å². The summed E-state index contributed by atoms with van der Waals surface area (Å²) in [5.41, 5.74) is 13.2. The molecule has 0 aliphatic heterocycles. The zero-order chi connectivity index (χ0) is 37.5. The van der Waals surface area contributed by atoms with Gasteiger partial charge in [-0.3, -0.25) is 9.13 Å². The van der Waals surface area contributed by atoms with Crippen molar-refractivity contribution in [1.82, 2.24) is 19.1 Å². The molecule has 0 bridgehead atoms. The summed E-state index contributed by atoms with van der Waals surface area (Å²) < 4.78 is 4.52. The monoisotopic (exact) mass is 726 g/mol. The summed E-state index contributed by atoms with van der Waals surface area (Å²) >= 11 is 0. The number of benzene rings is 8. The molecule has 266 valence electrons. The molecule has 57 heavy (non-hydrogen) atoms. The molecule has 4 nitrogen and oxygen atoms in total. The standard InChI is InChI=1S/C53H34N4/c1-2-18-36(19-3-1)53(44-27-10-4-21-38(44)39-22-5-11-28-45(39)53)37-20-16-17-35(33-37)46-34-51(56-47-29-12-6-23-40(47)41-24-7-13-30-48(41)56)55-52(54-46)57-49-31-14-8-25-42(49)43-26-9-15-32-50(43)57/h1-34H. The Hall–Kier alpha value is -7.56. The predicted molar refractivity (Wildman–Crippen MR) is 233 cm³/mol. The van der Waals surface area contributed by atoms with Crippen LogP contribution in [-0.2, 0) is 5.41 Å². The van der Waals surface area contributed by atoms with Crippen LogP contribution in [0, 0.1) is 0 Å². The second-order valence-corrected chi connectivity index (χ2v) is 14.9. The zero-order valence-corrected chi connectivity index (χ0v) is 30.9. The number of fused-ring (bicyclic) bond motifs is 9. The van der Waals surface area contributed by atoms with Crippen LogP contribution in [-0.4, -0.2) is 19.1 Å². The van der Waals surface area contributed by atoms with Gasteiger partial charge in [-0.05, 0) is 63.7 Å². The molecule has 1 aliphatic carbocycles. The summed E-state index contributed by atoms with van der Waals surface area (Å²) in [4.78, 5) is 11.0. The topological polar surface area (TPSA) is 35.6 Å². The van der Waals surface area contributed by atoms with Crippen LogP contribution >= 0.6 is 0 Å². The SMILES string of the molecule is c1ccc(C2(c3cccc(-c4cc(-n5c6ccccc6c6ccccc65)nc(-n5c6ccccc6c6ccccc65)n4)c3)c3ccccc3-c3ccccc32)cc1. The van der Waals surface area contributed by atoms with Gasteiger partial charge in [0.25, 0.3) is 0 Å². The smallest absolute Gasteiger partial charge is 0.237 e. The van der Waals surface area contributed by atoms with Gasteiger partial charge >= 0.3 is 0 Å². The lowest BCUT2D eigenvalue weighted by Crippen LogP contribution is -2.28. The third-order valence-corrected chi connectivity index (χ3v) is 12.0. The first-order chi connectivity index (χ1) is 28.3.